The predicted molar refractivity (Wildman–Crippen MR) is 557 cm³/mol. The Balaban J connectivity index is 0.539. The summed E-state index contributed by atoms with van der Waals surface area (Å²) in [5.74, 6) is 0. The van der Waals surface area contributed by atoms with Gasteiger partial charge in [-0.2, -0.15) is 0 Å². The molecule has 0 N–H and O–H groups in total. The smallest absolute Gasteiger partial charge is 0.0742 e. The molecule has 0 aliphatic carbocycles. The number of aromatic nitrogens is 5. The summed E-state index contributed by atoms with van der Waals surface area (Å²) >= 11 is 0. The van der Waals surface area contributed by atoms with Gasteiger partial charge in [0.25, 0.3) is 0 Å². The Morgan fingerprint density at radius 2 is 0.459 bits per heavy atom. The second-order valence-corrected chi connectivity index (χ2v) is 35.4. The maximum Gasteiger partial charge on any atom is 0.0742 e. The van der Waals surface area contributed by atoms with Gasteiger partial charge in [-0.05, 0) is 247 Å². The maximum atomic E-state index is 2.50. The molecule has 1 aliphatic rings. The molecule has 0 spiro atoms. The molecule has 0 atom stereocenters. The molecule has 6 heteroatoms. The van der Waals surface area contributed by atoms with Gasteiger partial charge in [0.1, 0.15) is 0 Å². The highest BCUT2D eigenvalue weighted by Crippen LogP contribution is 2.59. The van der Waals surface area contributed by atoms with Gasteiger partial charge in [-0.1, -0.05) is 340 Å². The van der Waals surface area contributed by atoms with E-state index in [9.17, 15) is 0 Å². The van der Waals surface area contributed by atoms with Crippen molar-refractivity contribution in [3.63, 3.8) is 0 Å². The lowest BCUT2D eigenvalue weighted by molar-refractivity contribution is 0.731. The van der Waals surface area contributed by atoms with Crippen LogP contribution < -0.4 is 4.90 Å². The summed E-state index contributed by atoms with van der Waals surface area (Å²) < 4.78 is 12.3. The predicted octanol–water partition coefficient (Wildman–Crippen LogP) is 33.3. The van der Waals surface area contributed by atoms with Crippen molar-refractivity contribution in [1.29, 1.82) is 0 Å². The van der Waals surface area contributed by atoms with Crippen LogP contribution in [0.15, 0.2) is 497 Å². The van der Waals surface area contributed by atoms with Crippen LogP contribution in [0.2, 0.25) is 0 Å². The molecular weight excluding hydrogens is 1610 g/mol. The van der Waals surface area contributed by atoms with Gasteiger partial charge in [-0.3, -0.25) is 0 Å². The first-order chi connectivity index (χ1) is 66.0. The molecule has 133 heavy (non-hydrogen) atoms. The molecule has 5 aromatic heterocycles. The van der Waals surface area contributed by atoms with E-state index in [1.54, 1.807) is 0 Å². The Bertz CT molecular complexity index is 9100. The number of hydrogen-bond donors (Lipinski definition) is 0. The highest BCUT2D eigenvalue weighted by Gasteiger charge is 2.47. The molecule has 6 heterocycles. The van der Waals surface area contributed by atoms with Crippen LogP contribution in [-0.4, -0.2) is 22.8 Å². The quantitative estimate of drug-likeness (QED) is 0.107. The molecule has 21 aromatic carbocycles. The van der Waals surface area contributed by atoms with Crippen molar-refractivity contribution in [1.82, 2.24) is 22.8 Å². The van der Waals surface area contributed by atoms with Crippen LogP contribution in [0.4, 0.5) is 17.1 Å². The highest BCUT2D eigenvalue weighted by atomic mass is 15.2. The van der Waals surface area contributed by atoms with E-state index in [0.29, 0.717) is 0 Å². The van der Waals surface area contributed by atoms with Crippen LogP contribution in [0.25, 0.3) is 204 Å². The van der Waals surface area contributed by atoms with Gasteiger partial charge in [0.05, 0.1) is 72.0 Å². The number of rotatable bonds is 14. The Morgan fingerprint density at radius 3 is 1.02 bits per heavy atom. The molecule has 1 aliphatic heterocycles. The lowest BCUT2D eigenvalue weighted by Crippen LogP contribution is -2.37. The fourth-order valence-electron chi connectivity index (χ4n) is 22.6. The monoisotopic (exact) mass is 1690 g/mol. The molecular formula is C127H82N6. The fourth-order valence-corrected chi connectivity index (χ4v) is 22.6. The number of hydrogen-bond acceptors (Lipinski definition) is 1. The minimum absolute atomic E-state index is 0.701. The van der Waals surface area contributed by atoms with E-state index in [-0.39, 0.29) is 0 Å². The van der Waals surface area contributed by atoms with Crippen molar-refractivity contribution in [3.8, 4) is 95.2 Å². The molecule has 27 rings (SSSR count). The molecule has 26 aromatic rings. The van der Waals surface area contributed by atoms with Crippen molar-refractivity contribution in [3.05, 3.63) is 520 Å². The fraction of sp³-hybridized carbons (Fsp3) is 0.00787. The van der Waals surface area contributed by atoms with E-state index in [2.05, 4.69) is 525 Å². The summed E-state index contributed by atoms with van der Waals surface area (Å²) in [7, 11) is 0. The molecule has 0 fully saturated rings. The first-order valence-corrected chi connectivity index (χ1v) is 45.9. The molecule has 0 unspecified atom stereocenters. The van der Waals surface area contributed by atoms with Gasteiger partial charge in [0, 0.05) is 88.0 Å². The lowest BCUT2D eigenvalue weighted by Gasteiger charge is -2.46. The number of fused-ring (bicyclic) bond motifs is 17. The molecule has 0 amide bonds. The second-order valence-electron chi connectivity index (χ2n) is 35.4. The summed E-state index contributed by atoms with van der Waals surface area (Å²) in [5.41, 5.74) is 38.7. The van der Waals surface area contributed by atoms with Crippen LogP contribution in [0.1, 0.15) is 22.3 Å². The van der Waals surface area contributed by atoms with Crippen molar-refractivity contribution >= 4 is 126 Å². The van der Waals surface area contributed by atoms with Gasteiger partial charge in [0.15, 0.2) is 0 Å². The SMILES string of the molecule is c1ccc(-c2ccc(-n3c4ccccc4c4c(-c5cccc6c5c5ccc(-c7ccc8c(c7)c7ccccc7n8-c7ccc8c(c7)c7ccccc7n8-c7cccc(-c8cccc(-c9cccc(C%10(c%11ccccc%11)c%11ccccc%11N(c%11cccc(-n%12c%13ccccc%13c%13ccccc%13%12)c%11)c%11ccccc%11%10)c9)c8)c7)cc5n6-c5ccc(-c6ccccc6)cc5)cccc43)cc2)cc1. The van der Waals surface area contributed by atoms with Crippen LogP contribution in [0.3, 0.4) is 0 Å². The third kappa shape index (κ3) is 11.8. The van der Waals surface area contributed by atoms with Crippen LogP contribution in [0.5, 0.6) is 0 Å². The van der Waals surface area contributed by atoms with E-state index in [1.807, 2.05) is 0 Å². The molecule has 6 nitrogen and oxygen atoms in total. The van der Waals surface area contributed by atoms with Gasteiger partial charge in [-0.25, -0.2) is 0 Å². The van der Waals surface area contributed by atoms with Crippen LogP contribution >= 0.6 is 0 Å². The Hall–Kier alpha value is -17.6. The zero-order chi connectivity index (χ0) is 87.4. The maximum absolute atomic E-state index is 2.50. The minimum Gasteiger partial charge on any atom is -0.310 e. The highest BCUT2D eigenvalue weighted by molar-refractivity contribution is 6.23. The van der Waals surface area contributed by atoms with E-state index < -0.39 is 5.41 Å². The molecule has 0 bridgehead atoms. The van der Waals surface area contributed by atoms with Crippen molar-refractivity contribution < 1.29 is 0 Å². The average Bonchev–Trinajstić information content (AvgIpc) is 1.35. The number of benzene rings is 21. The minimum atomic E-state index is -0.701. The summed E-state index contributed by atoms with van der Waals surface area (Å²) in [6.45, 7) is 0. The second kappa shape index (κ2) is 30.3. The molecule has 0 radical (unpaired) electrons. The van der Waals surface area contributed by atoms with Crippen LogP contribution in [-0.2, 0) is 5.41 Å². The summed E-state index contributed by atoms with van der Waals surface area (Å²) in [5, 5.41) is 12.1. The molecule has 0 saturated heterocycles. The van der Waals surface area contributed by atoms with Gasteiger partial charge in [0.2, 0.25) is 0 Å². The normalized spacial score (nSPS) is 12.6. The van der Waals surface area contributed by atoms with Crippen molar-refractivity contribution in [2.45, 2.75) is 5.41 Å². The molecule has 620 valence electrons. The third-order valence-electron chi connectivity index (χ3n) is 28.3. The zero-order valence-electron chi connectivity index (χ0n) is 72.5. The van der Waals surface area contributed by atoms with Gasteiger partial charge < -0.3 is 27.7 Å². The summed E-state index contributed by atoms with van der Waals surface area (Å²) in [6, 6.07) is 185. The van der Waals surface area contributed by atoms with Crippen LogP contribution in [0, 0.1) is 0 Å². The van der Waals surface area contributed by atoms with E-state index >= 15 is 0 Å². The number of anilines is 3. The zero-order valence-corrected chi connectivity index (χ0v) is 72.5. The molecule has 0 saturated carbocycles. The van der Waals surface area contributed by atoms with Gasteiger partial charge >= 0.3 is 0 Å². The Morgan fingerprint density at radius 1 is 0.143 bits per heavy atom. The largest absolute Gasteiger partial charge is 0.310 e. The van der Waals surface area contributed by atoms with Crippen molar-refractivity contribution in [2.75, 3.05) is 4.90 Å². The van der Waals surface area contributed by atoms with Gasteiger partial charge in [-0.15, -0.1) is 0 Å². The Kier molecular flexibility index (Phi) is 17.2. The Labute approximate surface area is 768 Å². The lowest BCUT2D eigenvalue weighted by atomic mass is 9.62. The topological polar surface area (TPSA) is 27.9 Å². The summed E-state index contributed by atoms with van der Waals surface area (Å²) in [6.07, 6.45) is 0. The number of para-hydroxylation sites is 7. The third-order valence-corrected chi connectivity index (χ3v) is 28.3. The average molecular weight is 1690 g/mol. The first kappa shape index (κ1) is 75.6. The number of nitrogens with zero attached hydrogens (tertiary/aromatic N) is 6. The first-order valence-electron chi connectivity index (χ1n) is 45.9. The standard InChI is InChI=1S/C127H82N6/c1-4-30-83(31-5-1)85-62-68-95(69-63-85)128-117-57-21-14-48-107(117)125-105(49-28-60-122(125)128)106-50-29-61-123-126(106)108-73-66-92(80-124(108)129(123)96-70-64-86(65-71-96)84-32-6-2-7-33-84)91-67-74-118-109(79-91)103-46-12-19-55-115(103)132(118)100-72-75-119-110(82-100)104-47-13-20-56-116(104)130(119)97-41-26-37-90(78-97)88-35-24-34-87(76-88)89-36-25-40-94(77-89)127(93-38-8-3-9-39-93)111-51-15-22-58-120(111)133(121-59-23-16-52-112(121)127)99-43-27-42-98(81-99)131-113-53-17-10-44-101(113)102-45-11-18-54-114(102)131/h1-82H. The van der Waals surface area contributed by atoms with E-state index in [1.165, 1.54) is 132 Å². The van der Waals surface area contributed by atoms with Crippen molar-refractivity contribution in [2.24, 2.45) is 0 Å². The van der Waals surface area contributed by atoms with E-state index in [0.717, 1.165) is 112 Å². The van der Waals surface area contributed by atoms with E-state index in [4.69, 9.17) is 0 Å². The summed E-state index contributed by atoms with van der Waals surface area (Å²) in [4.78, 5) is 2.49.